The van der Waals surface area contributed by atoms with E-state index in [0.717, 1.165) is 4.47 Å². The Morgan fingerprint density at radius 1 is 0.939 bits per heavy atom. The molecule has 0 heterocycles. The summed E-state index contributed by atoms with van der Waals surface area (Å²) >= 11 is 3.28. The molecule has 8 nitrogen and oxygen atoms in total. The molecule has 4 rings (SSSR count). The van der Waals surface area contributed by atoms with Gasteiger partial charge in [0.2, 0.25) is 0 Å². The van der Waals surface area contributed by atoms with Crippen LogP contribution in [0.1, 0.15) is 10.4 Å². The average molecular weight is 525 g/mol. The zero-order chi connectivity index (χ0) is 23.6. The molecule has 4 aromatic rings. The fourth-order valence-corrected chi connectivity index (χ4v) is 4.44. The summed E-state index contributed by atoms with van der Waals surface area (Å²) in [6, 6.07) is 20.3. The molecule has 166 valence electrons. The number of aromatic hydroxyl groups is 1. The zero-order valence-corrected chi connectivity index (χ0v) is 19.3. The molecule has 0 saturated heterocycles. The smallest absolute Gasteiger partial charge is 0.295 e. The summed E-state index contributed by atoms with van der Waals surface area (Å²) in [5.41, 5.74) is 6.51. The van der Waals surface area contributed by atoms with Crippen LogP contribution < -0.4 is 10.5 Å². The minimum Gasteiger partial charge on any atom is -0.505 e. The topological polar surface area (TPSA) is 134 Å². The van der Waals surface area contributed by atoms with Crippen molar-refractivity contribution < 1.29 is 18.3 Å². The van der Waals surface area contributed by atoms with Crippen LogP contribution in [0.25, 0.3) is 10.8 Å². The minimum absolute atomic E-state index is 0.0598. The number of hydrogen-bond donors (Lipinski definition) is 3. The Balaban J connectivity index is 1.74. The molecule has 0 atom stereocenters. The number of hydrogen-bond acceptors (Lipinski definition) is 6. The van der Waals surface area contributed by atoms with Crippen molar-refractivity contribution in [2.24, 2.45) is 10.2 Å². The molecular formula is C23H17BrN4O4S. The predicted octanol–water partition coefficient (Wildman–Crippen LogP) is 5.62. The lowest BCUT2D eigenvalue weighted by molar-refractivity contribution is 0.0995. The molecule has 0 fully saturated rings. The number of rotatable bonds is 5. The molecule has 0 aromatic heterocycles. The molecule has 4 N–H and O–H groups in total. The molecule has 0 radical (unpaired) electrons. The van der Waals surface area contributed by atoms with Crippen molar-refractivity contribution in [1.29, 1.82) is 0 Å². The van der Waals surface area contributed by atoms with E-state index in [0.29, 0.717) is 16.5 Å². The fourth-order valence-electron chi connectivity index (χ4n) is 3.11. The van der Waals surface area contributed by atoms with Crippen LogP contribution >= 0.6 is 15.9 Å². The fraction of sp³-hybridized carbons (Fsp3) is 0. The van der Waals surface area contributed by atoms with Crippen LogP contribution in [-0.4, -0.2) is 19.4 Å². The number of nitrogens with two attached hydrogens (primary N) is 1. The number of sulfonamides is 1. The first-order valence-corrected chi connectivity index (χ1v) is 11.9. The normalized spacial score (nSPS) is 11.7. The maximum absolute atomic E-state index is 12.9. The van der Waals surface area contributed by atoms with E-state index in [1.54, 1.807) is 48.5 Å². The largest absolute Gasteiger partial charge is 0.505 e. The monoisotopic (exact) mass is 524 g/mol. The van der Waals surface area contributed by atoms with Crippen molar-refractivity contribution in [2.45, 2.75) is 4.90 Å². The number of carbonyl (C=O) groups is 1. The maximum Gasteiger partial charge on any atom is 0.295 e. The first kappa shape index (κ1) is 22.4. The van der Waals surface area contributed by atoms with Crippen LogP contribution in [0, 0.1) is 0 Å². The number of phenolic OH excluding ortho intramolecular Hbond substituents is 1. The summed E-state index contributed by atoms with van der Waals surface area (Å²) in [4.78, 5) is 12.4. The highest BCUT2D eigenvalue weighted by atomic mass is 79.9. The van der Waals surface area contributed by atoms with E-state index >= 15 is 0 Å². The van der Waals surface area contributed by atoms with Gasteiger partial charge in [-0.25, -0.2) is 8.42 Å². The Labute approximate surface area is 198 Å². The number of phenols is 1. The molecule has 0 bridgehead atoms. The molecular weight excluding hydrogens is 508 g/mol. The van der Waals surface area contributed by atoms with Gasteiger partial charge < -0.3 is 10.8 Å². The summed E-state index contributed by atoms with van der Waals surface area (Å²) in [7, 11) is -3.93. The second-order valence-corrected chi connectivity index (χ2v) is 9.62. The molecule has 4 aromatic carbocycles. The number of nitrogens with zero attached hydrogens (tertiary/aromatic N) is 2. The number of azo groups is 1. The molecule has 1 amide bonds. The highest BCUT2D eigenvalue weighted by molar-refractivity contribution is 9.10. The van der Waals surface area contributed by atoms with Crippen molar-refractivity contribution in [1.82, 2.24) is 0 Å². The minimum atomic E-state index is -3.93. The Kier molecular flexibility index (Phi) is 6.12. The van der Waals surface area contributed by atoms with Gasteiger partial charge in [-0.15, -0.1) is 10.2 Å². The van der Waals surface area contributed by atoms with Crippen LogP contribution in [0.3, 0.4) is 0 Å². The third-order valence-electron chi connectivity index (χ3n) is 4.77. The SMILES string of the molecule is Nc1ccc(C(=O)N=Nc2cc(NS(=O)(=O)c3ccc(Br)cc3)c3ccccc3c2O)cc1. The number of anilines is 2. The van der Waals surface area contributed by atoms with Gasteiger partial charge in [0.1, 0.15) is 5.69 Å². The number of nitrogen functional groups attached to an aromatic ring is 1. The number of benzene rings is 4. The highest BCUT2D eigenvalue weighted by Gasteiger charge is 2.18. The van der Waals surface area contributed by atoms with Crippen molar-refractivity contribution in [3.63, 3.8) is 0 Å². The second-order valence-electron chi connectivity index (χ2n) is 7.02. The number of nitrogens with one attached hydrogen (secondary N) is 1. The van der Waals surface area contributed by atoms with Crippen LogP contribution in [0.2, 0.25) is 0 Å². The van der Waals surface area contributed by atoms with Gasteiger partial charge in [-0.2, -0.15) is 0 Å². The summed E-state index contributed by atoms with van der Waals surface area (Å²) in [5.74, 6) is -0.870. The van der Waals surface area contributed by atoms with E-state index < -0.39 is 15.9 Å². The van der Waals surface area contributed by atoms with E-state index in [1.165, 1.54) is 30.3 Å². The first-order valence-electron chi connectivity index (χ1n) is 9.59. The average Bonchev–Trinajstić information content (AvgIpc) is 2.80. The van der Waals surface area contributed by atoms with Crippen LogP contribution in [-0.2, 0) is 10.0 Å². The second kappa shape index (κ2) is 9.00. The van der Waals surface area contributed by atoms with E-state index in [9.17, 15) is 18.3 Å². The summed E-state index contributed by atoms with van der Waals surface area (Å²) in [6.45, 7) is 0. The Bertz CT molecular complexity index is 1490. The molecule has 10 heteroatoms. The molecule has 33 heavy (non-hydrogen) atoms. The molecule has 0 saturated carbocycles. The Hall–Kier alpha value is -3.76. The number of halogens is 1. The zero-order valence-electron chi connectivity index (χ0n) is 16.9. The van der Waals surface area contributed by atoms with Gasteiger partial charge in [0.15, 0.2) is 5.75 Å². The van der Waals surface area contributed by atoms with Gasteiger partial charge >= 0.3 is 0 Å². The lowest BCUT2D eigenvalue weighted by Gasteiger charge is -2.13. The summed E-state index contributed by atoms with van der Waals surface area (Å²) in [5, 5.41) is 19.0. The molecule has 0 aliphatic rings. The number of amides is 1. The number of fused-ring (bicyclic) bond motifs is 1. The van der Waals surface area contributed by atoms with E-state index in [4.69, 9.17) is 5.73 Å². The maximum atomic E-state index is 12.9. The van der Waals surface area contributed by atoms with Gasteiger partial charge in [0, 0.05) is 26.5 Å². The Morgan fingerprint density at radius 2 is 1.58 bits per heavy atom. The molecule has 0 aliphatic carbocycles. The van der Waals surface area contributed by atoms with Crippen LogP contribution in [0.4, 0.5) is 17.1 Å². The summed E-state index contributed by atoms with van der Waals surface area (Å²) in [6.07, 6.45) is 0. The van der Waals surface area contributed by atoms with Crippen molar-refractivity contribution in [3.8, 4) is 5.75 Å². The van der Waals surface area contributed by atoms with Crippen molar-refractivity contribution in [3.05, 3.63) is 88.9 Å². The van der Waals surface area contributed by atoms with Gasteiger partial charge in [-0.1, -0.05) is 40.2 Å². The van der Waals surface area contributed by atoms with Gasteiger partial charge in [0.05, 0.1) is 10.6 Å². The van der Waals surface area contributed by atoms with E-state index in [2.05, 4.69) is 30.9 Å². The molecule has 0 unspecified atom stereocenters. The van der Waals surface area contributed by atoms with E-state index in [1.807, 2.05) is 0 Å². The molecule has 0 aliphatic heterocycles. The quantitative estimate of drug-likeness (QED) is 0.177. The number of carbonyl (C=O) groups excluding carboxylic acids is 1. The lowest BCUT2D eigenvalue weighted by atomic mass is 10.1. The van der Waals surface area contributed by atoms with E-state index in [-0.39, 0.29) is 27.6 Å². The van der Waals surface area contributed by atoms with Gasteiger partial charge in [-0.3, -0.25) is 9.52 Å². The third kappa shape index (κ3) is 4.86. The summed E-state index contributed by atoms with van der Waals surface area (Å²) < 4.78 is 29.1. The lowest BCUT2D eigenvalue weighted by Crippen LogP contribution is -2.13. The highest BCUT2D eigenvalue weighted by Crippen LogP contribution is 2.40. The standard InChI is InChI=1S/C23H17BrN4O4S/c24-15-7-11-17(12-8-15)33(31,32)28-20-13-21(22(29)19-4-2-1-3-18(19)20)26-27-23(30)14-5-9-16(25)10-6-14/h1-13,28-29H,25H2. The van der Waals surface area contributed by atoms with Crippen molar-refractivity contribution in [2.75, 3.05) is 10.5 Å². The van der Waals surface area contributed by atoms with Gasteiger partial charge in [0.25, 0.3) is 15.9 Å². The van der Waals surface area contributed by atoms with Crippen LogP contribution in [0.5, 0.6) is 5.75 Å². The van der Waals surface area contributed by atoms with Gasteiger partial charge in [-0.05, 0) is 54.6 Å². The van der Waals surface area contributed by atoms with Crippen molar-refractivity contribution >= 4 is 59.7 Å². The van der Waals surface area contributed by atoms with Crippen LogP contribution in [0.15, 0.2) is 98.5 Å². The third-order valence-corrected chi connectivity index (χ3v) is 6.68. The Morgan fingerprint density at radius 3 is 2.24 bits per heavy atom. The predicted molar refractivity (Wildman–Crippen MR) is 130 cm³/mol. The first-order chi connectivity index (χ1) is 15.7. The molecule has 0 spiro atoms.